The fourth-order valence-corrected chi connectivity index (χ4v) is 3.10. The lowest BCUT2D eigenvalue weighted by Gasteiger charge is -2.12. The smallest absolute Gasteiger partial charge is 0.191 e. The third-order valence-electron chi connectivity index (χ3n) is 4.74. The molecule has 0 atom stereocenters. The Morgan fingerprint density at radius 3 is 2.48 bits per heavy atom. The number of aryl methyl sites for hydroxylation is 1. The SMILES string of the molecule is CN=C(NCCCc1nn(-c2ccc(F)cc2)c(N)c1C#N)NCc1cc(F)ccc1F.I. The van der Waals surface area contributed by atoms with Crippen molar-refractivity contribution in [3.05, 3.63) is 76.7 Å². The highest BCUT2D eigenvalue weighted by molar-refractivity contribution is 14.0. The largest absolute Gasteiger partial charge is 0.382 e. The van der Waals surface area contributed by atoms with Gasteiger partial charge in [-0.3, -0.25) is 4.99 Å². The van der Waals surface area contributed by atoms with Crippen LogP contribution in [0.1, 0.15) is 23.2 Å². The highest BCUT2D eigenvalue weighted by atomic mass is 127. The number of nitrogens with zero attached hydrogens (tertiary/aromatic N) is 4. The molecule has 2 aromatic carbocycles. The minimum absolute atomic E-state index is 0. The minimum Gasteiger partial charge on any atom is -0.382 e. The van der Waals surface area contributed by atoms with Gasteiger partial charge in [0.25, 0.3) is 0 Å². The predicted molar refractivity (Wildman–Crippen MR) is 131 cm³/mol. The molecule has 0 saturated carbocycles. The normalized spacial score (nSPS) is 10.9. The molecule has 0 aliphatic rings. The number of nitrogens with one attached hydrogen (secondary N) is 2. The van der Waals surface area contributed by atoms with Crippen LogP contribution in [0, 0.1) is 28.8 Å². The summed E-state index contributed by atoms with van der Waals surface area (Å²) in [5.41, 5.74) is 7.61. The molecule has 33 heavy (non-hydrogen) atoms. The maximum Gasteiger partial charge on any atom is 0.191 e. The van der Waals surface area contributed by atoms with E-state index in [1.807, 2.05) is 0 Å². The minimum atomic E-state index is -0.515. The van der Waals surface area contributed by atoms with Gasteiger partial charge in [-0.1, -0.05) is 0 Å². The number of aromatic nitrogens is 2. The second kappa shape index (κ2) is 12.1. The van der Waals surface area contributed by atoms with Gasteiger partial charge < -0.3 is 16.4 Å². The van der Waals surface area contributed by atoms with E-state index in [1.54, 1.807) is 7.05 Å². The van der Waals surface area contributed by atoms with E-state index in [1.165, 1.54) is 28.9 Å². The Balaban J connectivity index is 0.00000385. The van der Waals surface area contributed by atoms with E-state index in [2.05, 4.69) is 26.8 Å². The van der Waals surface area contributed by atoms with Crippen molar-refractivity contribution in [3.8, 4) is 11.8 Å². The molecule has 0 spiro atoms. The zero-order valence-electron chi connectivity index (χ0n) is 17.8. The first-order valence-corrected chi connectivity index (χ1v) is 9.84. The average Bonchev–Trinajstić information content (AvgIpc) is 3.11. The Morgan fingerprint density at radius 1 is 1.12 bits per heavy atom. The number of nitrogen functional groups attached to an aromatic ring is 1. The molecule has 3 aromatic rings. The van der Waals surface area contributed by atoms with E-state index in [4.69, 9.17) is 5.73 Å². The number of halogens is 4. The van der Waals surface area contributed by atoms with E-state index in [-0.39, 0.29) is 53.3 Å². The molecule has 3 rings (SSSR count). The molecule has 7 nitrogen and oxygen atoms in total. The lowest BCUT2D eigenvalue weighted by Crippen LogP contribution is -2.37. The van der Waals surface area contributed by atoms with Crippen molar-refractivity contribution in [2.24, 2.45) is 4.99 Å². The van der Waals surface area contributed by atoms with Crippen molar-refractivity contribution < 1.29 is 13.2 Å². The Morgan fingerprint density at radius 2 is 1.82 bits per heavy atom. The summed E-state index contributed by atoms with van der Waals surface area (Å²) in [7, 11) is 1.57. The predicted octanol–water partition coefficient (Wildman–Crippen LogP) is 3.66. The van der Waals surface area contributed by atoms with Gasteiger partial charge in [0.15, 0.2) is 5.96 Å². The van der Waals surface area contributed by atoms with Crippen LogP contribution in [0.5, 0.6) is 0 Å². The first kappa shape index (κ1) is 26.0. The van der Waals surface area contributed by atoms with Crippen LogP contribution in [0.25, 0.3) is 5.69 Å². The number of nitrogens with two attached hydrogens (primary N) is 1. The molecule has 11 heteroatoms. The molecule has 174 valence electrons. The van der Waals surface area contributed by atoms with E-state index in [9.17, 15) is 18.4 Å². The topological polar surface area (TPSA) is 104 Å². The average molecular weight is 569 g/mol. The molecule has 0 unspecified atom stereocenters. The zero-order chi connectivity index (χ0) is 23.1. The Bertz CT molecular complexity index is 1150. The Hall–Kier alpha value is -3.27. The lowest BCUT2D eigenvalue weighted by atomic mass is 10.1. The fourth-order valence-electron chi connectivity index (χ4n) is 3.10. The van der Waals surface area contributed by atoms with Crippen LogP contribution < -0.4 is 16.4 Å². The highest BCUT2D eigenvalue weighted by Crippen LogP contribution is 2.21. The van der Waals surface area contributed by atoms with Crippen LogP contribution in [0.2, 0.25) is 0 Å². The maximum atomic E-state index is 13.7. The number of aliphatic imine (C=N–C) groups is 1. The summed E-state index contributed by atoms with van der Waals surface area (Å²) in [5, 5.41) is 19.9. The van der Waals surface area contributed by atoms with Crippen molar-refractivity contribution in [1.82, 2.24) is 20.4 Å². The van der Waals surface area contributed by atoms with Gasteiger partial charge in [0.05, 0.1) is 11.4 Å². The first-order valence-electron chi connectivity index (χ1n) is 9.84. The quantitative estimate of drug-likeness (QED) is 0.175. The summed E-state index contributed by atoms with van der Waals surface area (Å²) < 4.78 is 41.6. The number of hydrogen-bond donors (Lipinski definition) is 3. The van der Waals surface area contributed by atoms with Gasteiger partial charge >= 0.3 is 0 Å². The summed E-state index contributed by atoms with van der Waals surface area (Å²) in [6.45, 7) is 0.556. The third kappa shape index (κ3) is 6.61. The van der Waals surface area contributed by atoms with Crippen molar-refractivity contribution in [1.29, 1.82) is 5.26 Å². The molecule has 0 amide bonds. The number of rotatable bonds is 7. The summed E-state index contributed by atoms with van der Waals surface area (Å²) in [6.07, 6.45) is 1.06. The zero-order valence-corrected chi connectivity index (χ0v) is 20.1. The summed E-state index contributed by atoms with van der Waals surface area (Å²) in [4.78, 5) is 4.05. The molecule has 4 N–H and O–H groups in total. The van der Waals surface area contributed by atoms with E-state index in [0.29, 0.717) is 36.7 Å². The summed E-state index contributed by atoms with van der Waals surface area (Å²) >= 11 is 0. The monoisotopic (exact) mass is 569 g/mol. The molecule has 0 fully saturated rings. The van der Waals surface area contributed by atoms with Crippen LogP contribution in [0.3, 0.4) is 0 Å². The molecule has 0 radical (unpaired) electrons. The van der Waals surface area contributed by atoms with Gasteiger partial charge in [0.1, 0.15) is 34.9 Å². The van der Waals surface area contributed by atoms with Crippen LogP contribution in [0.4, 0.5) is 19.0 Å². The van der Waals surface area contributed by atoms with Gasteiger partial charge in [-0.2, -0.15) is 10.4 Å². The van der Waals surface area contributed by atoms with Gasteiger partial charge in [0.2, 0.25) is 0 Å². The Kier molecular flexibility index (Phi) is 9.53. The van der Waals surface area contributed by atoms with Gasteiger partial charge in [-0.15, -0.1) is 24.0 Å². The Labute approximate surface area is 206 Å². The molecule has 0 bridgehead atoms. The molecular formula is C22H23F3IN7. The summed E-state index contributed by atoms with van der Waals surface area (Å²) in [6, 6.07) is 11.0. The molecule has 0 aliphatic carbocycles. The van der Waals surface area contributed by atoms with Crippen LogP contribution in [-0.4, -0.2) is 29.3 Å². The van der Waals surface area contributed by atoms with Gasteiger partial charge in [0, 0.05) is 25.7 Å². The van der Waals surface area contributed by atoms with Gasteiger partial charge in [-0.05, 0) is 55.3 Å². The first-order chi connectivity index (χ1) is 15.4. The number of nitriles is 1. The van der Waals surface area contributed by atoms with Crippen LogP contribution >= 0.6 is 24.0 Å². The lowest BCUT2D eigenvalue weighted by molar-refractivity contribution is 0.581. The molecule has 0 saturated heterocycles. The van der Waals surface area contributed by atoms with Crippen molar-refractivity contribution in [3.63, 3.8) is 0 Å². The number of guanidine groups is 1. The second-order valence-electron chi connectivity index (χ2n) is 6.90. The van der Waals surface area contributed by atoms with Crippen LogP contribution in [0.15, 0.2) is 47.5 Å². The second-order valence-corrected chi connectivity index (χ2v) is 6.90. The third-order valence-corrected chi connectivity index (χ3v) is 4.74. The number of hydrogen-bond acceptors (Lipinski definition) is 4. The van der Waals surface area contributed by atoms with Crippen LogP contribution in [-0.2, 0) is 13.0 Å². The highest BCUT2D eigenvalue weighted by Gasteiger charge is 2.16. The van der Waals surface area contributed by atoms with E-state index >= 15 is 0 Å². The summed E-state index contributed by atoms with van der Waals surface area (Å²) in [5.74, 6) is -0.790. The standard InChI is InChI=1S/C22H22F3N7.HI/c1-28-22(30-13-14-11-16(24)6-9-19(14)25)29-10-2-3-20-18(12-26)21(27)32(31-20)17-7-4-15(23)5-8-17;/h4-9,11H,2-3,10,13,27H2,1H3,(H2,28,29,30);1H. The number of anilines is 1. The molecule has 1 heterocycles. The fraction of sp³-hybridized carbons (Fsp3) is 0.227. The van der Waals surface area contributed by atoms with Gasteiger partial charge in [-0.25, -0.2) is 17.9 Å². The van der Waals surface area contributed by atoms with E-state index < -0.39 is 11.6 Å². The van der Waals surface area contributed by atoms with E-state index in [0.717, 1.165) is 18.2 Å². The molecule has 1 aromatic heterocycles. The van der Waals surface area contributed by atoms with Crippen molar-refractivity contribution >= 4 is 35.8 Å². The number of benzene rings is 2. The van der Waals surface area contributed by atoms with Crippen molar-refractivity contribution in [2.75, 3.05) is 19.3 Å². The van der Waals surface area contributed by atoms with Crippen molar-refractivity contribution in [2.45, 2.75) is 19.4 Å². The molecule has 0 aliphatic heterocycles. The maximum absolute atomic E-state index is 13.7. The molecular weight excluding hydrogens is 546 g/mol.